The number of nitrogens with one attached hydrogen (secondary N) is 1. The predicted octanol–water partition coefficient (Wildman–Crippen LogP) is 1.07. The second kappa shape index (κ2) is 5.38. The summed E-state index contributed by atoms with van der Waals surface area (Å²) in [6.45, 7) is 9.13. The van der Waals surface area contributed by atoms with Gasteiger partial charge in [-0.05, 0) is 20.8 Å². The molecule has 0 rings (SSSR count). The van der Waals surface area contributed by atoms with Gasteiger partial charge in [0.05, 0.1) is 0 Å². The number of hydrogen-bond donors (Lipinski definition) is 2. The van der Waals surface area contributed by atoms with E-state index in [0.29, 0.717) is 13.1 Å². The number of carboxylic acid groups (broad SMARTS) is 1. The Morgan fingerprint density at radius 2 is 2.07 bits per heavy atom. The summed E-state index contributed by atoms with van der Waals surface area (Å²) in [5, 5.41) is 11.3. The van der Waals surface area contributed by atoms with Crippen molar-refractivity contribution in [2.24, 2.45) is 0 Å². The monoisotopic (exact) mass is 214 g/mol. The molecule has 0 aromatic carbocycles. The SMILES string of the molecule is C=CCN(CC)C(=O)NC(C)(C)C(=O)O. The lowest BCUT2D eigenvalue weighted by Gasteiger charge is -2.26. The van der Waals surface area contributed by atoms with E-state index in [0.717, 1.165) is 0 Å². The molecule has 0 saturated heterocycles. The number of carbonyl (C=O) groups is 2. The summed E-state index contributed by atoms with van der Waals surface area (Å²) in [6, 6.07) is -0.398. The van der Waals surface area contributed by atoms with Gasteiger partial charge in [-0.3, -0.25) is 0 Å². The lowest BCUT2D eigenvalue weighted by atomic mass is 10.1. The fourth-order valence-corrected chi connectivity index (χ4v) is 0.911. The van der Waals surface area contributed by atoms with E-state index in [-0.39, 0.29) is 0 Å². The van der Waals surface area contributed by atoms with Gasteiger partial charge in [0.1, 0.15) is 5.54 Å². The average Bonchev–Trinajstić information content (AvgIpc) is 2.12. The number of carbonyl (C=O) groups excluding carboxylic acids is 1. The van der Waals surface area contributed by atoms with E-state index in [1.165, 1.54) is 18.7 Å². The van der Waals surface area contributed by atoms with Crippen molar-refractivity contribution >= 4 is 12.0 Å². The molecule has 0 saturated carbocycles. The second-order valence-corrected chi connectivity index (χ2v) is 3.69. The third kappa shape index (κ3) is 4.01. The van der Waals surface area contributed by atoms with E-state index in [1.54, 1.807) is 6.08 Å². The zero-order valence-corrected chi connectivity index (χ0v) is 9.41. The van der Waals surface area contributed by atoms with Crippen molar-refractivity contribution in [1.82, 2.24) is 10.2 Å². The van der Waals surface area contributed by atoms with Crippen molar-refractivity contribution in [1.29, 1.82) is 0 Å². The van der Waals surface area contributed by atoms with Crippen molar-refractivity contribution < 1.29 is 14.7 Å². The summed E-state index contributed by atoms with van der Waals surface area (Å²) in [6.07, 6.45) is 1.59. The topological polar surface area (TPSA) is 69.6 Å². The van der Waals surface area contributed by atoms with Crippen LogP contribution in [0.15, 0.2) is 12.7 Å². The van der Waals surface area contributed by atoms with E-state index in [1.807, 2.05) is 6.92 Å². The van der Waals surface area contributed by atoms with Gasteiger partial charge in [0.25, 0.3) is 0 Å². The Kier molecular flexibility index (Phi) is 4.84. The summed E-state index contributed by atoms with van der Waals surface area (Å²) in [5.41, 5.74) is -1.26. The van der Waals surface area contributed by atoms with E-state index in [9.17, 15) is 9.59 Å². The molecule has 0 fully saturated rings. The van der Waals surface area contributed by atoms with Crippen LogP contribution in [-0.4, -0.2) is 40.6 Å². The van der Waals surface area contributed by atoms with Gasteiger partial charge in [0.15, 0.2) is 0 Å². The Morgan fingerprint density at radius 3 is 2.40 bits per heavy atom. The maximum absolute atomic E-state index is 11.6. The van der Waals surface area contributed by atoms with Gasteiger partial charge in [-0.2, -0.15) is 0 Å². The van der Waals surface area contributed by atoms with Gasteiger partial charge in [0, 0.05) is 13.1 Å². The number of carboxylic acids is 1. The first kappa shape index (κ1) is 13.5. The van der Waals surface area contributed by atoms with E-state index in [2.05, 4.69) is 11.9 Å². The van der Waals surface area contributed by atoms with Crippen LogP contribution in [0.4, 0.5) is 4.79 Å². The van der Waals surface area contributed by atoms with Gasteiger partial charge < -0.3 is 15.3 Å². The Bertz CT molecular complexity index is 261. The third-order valence-electron chi connectivity index (χ3n) is 1.97. The van der Waals surface area contributed by atoms with Gasteiger partial charge in [0.2, 0.25) is 0 Å². The Balaban J connectivity index is 4.46. The molecule has 0 aromatic heterocycles. The van der Waals surface area contributed by atoms with Crippen LogP contribution in [-0.2, 0) is 4.79 Å². The molecule has 0 aliphatic rings. The van der Waals surface area contributed by atoms with Crippen LogP contribution >= 0.6 is 0 Å². The molecule has 0 unspecified atom stereocenters. The molecular weight excluding hydrogens is 196 g/mol. The Morgan fingerprint density at radius 1 is 1.53 bits per heavy atom. The predicted molar refractivity (Wildman–Crippen MR) is 57.7 cm³/mol. The summed E-state index contributed by atoms with van der Waals surface area (Å²) in [4.78, 5) is 23.8. The smallest absolute Gasteiger partial charge is 0.328 e. The molecule has 0 bridgehead atoms. The molecule has 2 amide bonds. The minimum absolute atomic E-state index is 0.398. The quantitative estimate of drug-likeness (QED) is 0.672. The highest BCUT2D eigenvalue weighted by atomic mass is 16.4. The second-order valence-electron chi connectivity index (χ2n) is 3.69. The zero-order chi connectivity index (χ0) is 12.1. The minimum Gasteiger partial charge on any atom is -0.480 e. The number of nitrogens with zero attached hydrogens (tertiary/aromatic N) is 1. The van der Waals surface area contributed by atoms with Crippen molar-refractivity contribution in [3.63, 3.8) is 0 Å². The normalized spacial score (nSPS) is 10.6. The molecule has 5 nitrogen and oxygen atoms in total. The Hall–Kier alpha value is -1.52. The zero-order valence-electron chi connectivity index (χ0n) is 9.41. The Labute approximate surface area is 89.8 Å². The third-order valence-corrected chi connectivity index (χ3v) is 1.97. The van der Waals surface area contributed by atoms with Crippen LogP contribution in [0, 0.1) is 0 Å². The van der Waals surface area contributed by atoms with E-state index in [4.69, 9.17) is 5.11 Å². The summed E-state index contributed by atoms with van der Waals surface area (Å²) < 4.78 is 0. The van der Waals surface area contributed by atoms with Gasteiger partial charge in [-0.15, -0.1) is 6.58 Å². The number of aliphatic carboxylic acids is 1. The van der Waals surface area contributed by atoms with Crippen molar-refractivity contribution in [3.05, 3.63) is 12.7 Å². The molecule has 0 aliphatic carbocycles. The molecular formula is C10H18N2O3. The van der Waals surface area contributed by atoms with Crippen molar-refractivity contribution in [3.8, 4) is 0 Å². The average molecular weight is 214 g/mol. The van der Waals surface area contributed by atoms with Crippen molar-refractivity contribution in [2.45, 2.75) is 26.3 Å². The first-order valence-electron chi connectivity index (χ1n) is 4.76. The maximum atomic E-state index is 11.6. The molecule has 0 spiro atoms. The highest BCUT2D eigenvalue weighted by molar-refractivity contribution is 5.85. The molecule has 86 valence electrons. The number of amides is 2. The fraction of sp³-hybridized carbons (Fsp3) is 0.600. The van der Waals surface area contributed by atoms with Crippen molar-refractivity contribution in [2.75, 3.05) is 13.1 Å². The van der Waals surface area contributed by atoms with Crippen LogP contribution in [0.5, 0.6) is 0 Å². The van der Waals surface area contributed by atoms with Crippen LogP contribution in [0.1, 0.15) is 20.8 Å². The standard InChI is InChI=1S/C10H18N2O3/c1-5-7-12(6-2)9(15)11-10(3,4)8(13)14/h5H,1,6-7H2,2-4H3,(H,11,15)(H,13,14). The number of likely N-dealkylation sites (N-methyl/N-ethyl adjacent to an activating group) is 1. The van der Waals surface area contributed by atoms with E-state index >= 15 is 0 Å². The van der Waals surface area contributed by atoms with E-state index < -0.39 is 17.5 Å². The number of rotatable bonds is 5. The lowest BCUT2D eigenvalue weighted by molar-refractivity contribution is -0.143. The number of hydrogen-bond acceptors (Lipinski definition) is 2. The van der Waals surface area contributed by atoms with Crippen LogP contribution < -0.4 is 5.32 Å². The lowest BCUT2D eigenvalue weighted by Crippen LogP contribution is -2.54. The van der Waals surface area contributed by atoms with Crippen LogP contribution in [0.25, 0.3) is 0 Å². The summed E-state index contributed by atoms with van der Waals surface area (Å²) in [7, 11) is 0. The molecule has 2 N–H and O–H groups in total. The maximum Gasteiger partial charge on any atom is 0.328 e. The number of urea groups is 1. The molecule has 5 heteroatoms. The van der Waals surface area contributed by atoms with Crippen LogP contribution in [0.3, 0.4) is 0 Å². The summed E-state index contributed by atoms with van der Waals surface area (Å²) in [5.74, 6) is -1.06. The molecule has 0 heterocycles. The first-order valence-corrected chi connectivity index (χ1v) is 4.76. The van der Waals surface area contributed by atoms with Gasteiger partial charge in [-0.25, -0.2) is 9.59 Å². The molecule has 0 atom stereocenters. The van der Waals surface area contributed by atoms with Gasteiger partial charge in [-0.1, -0.05) is 6.08 Å². The highest BCUT2D eigenvalue weighted by Gasteiger charge is 2.30. The summed E-state index contributed by atoms with van der Waals surface area (Å²) >= 11 is 0. The molecule has 0 aliphatic heterocycles. The first-order chi connectivity index (χ1) is 6.85. The molecule has 0 aromatic rings. The largest absolute Gasteiger partial charge is 0.480 e. The van der Waals surface area contributed by atoms with Crippen LogP contribution in [0.2, 0.25) is 0 Å². The minimum atomic E-state index is -1.26. The molecule has 0 radical (unpaired) electrons. The molecule has 15 heavy (non-hydrogen) atoms. The highest BCUT2D eigenvalue weighted by Crippen LogP contribution is 2.03. The fourth-order valence-electron chi connectivity index (χ4n) is 0.911. The van der Waals surface area contributed by atoms with Gasteiger partial charge >= 0.3 is 12.0 Å².